The van der Waals surface area contributed by atoms with Crippen LogP contribution in [-0.2, 0) is 14.3 Å². The third kappa shape index (κ3) is 9.69. The van der Waals surface area contributed by atoms with Crippen molar-refractivity contribution in [1.82, 2.24) is 5.32 Å². The molecule has 0 aliphatic carbocycles. The Labute approximate surface area is 109 Å². The minimum Gasteiger partial charge on any atom is -0.462 e. The number of esters is 1. The lowest BCUT2D eigenvalue weighted by Crippen LogP contribution is -2.33. The fourth-order valence-corrected chi connectivity index (χ4v) is 1.02. The number of rotatable bonds is 6. The van der Waals surface area contributed by atoms with Crippen molar-refractivity contribution >= 4 is 12.1 Å². The normalized spacial score (nSPS) is 10.7. The first-order valence-electron chi connectivity index (χ1n) is 6.02. The lowest BCUT2D eigenvalue weighted by Gasteiger charge is -2.19. The Kier molecular flexibility index (Phi) is 7.08. The summed E-state index contributed by atoms with van der Waals surface area (Å²) in [5.74, 6) is -0.380. The van der Waals surface area contributed by atoms with Crippen molar-refractivity contribution in [3.63, 3.8) is 0 Å². The quantitative estimate of drug-likeness (QED) is 0.451. The van der Waals surface area contributed by atoms with E-state index in [1.165, 1.54) is 0 Å². The Morgan fingerprint density at radius 3 is 2.33 bits per heavy atom. The van der Waals surface area contributed by atoms with Crippen LogP contribution in [0.1, 0.15) is 40.5 Å². The van der Waals surface area contributed by atoms with Gasteiger partial charge in [-0.1, -0.05) is 6.58 Å². The lowest BCUT2D eigenvalue weighted by atomic mass is 10.2. The summed E-state index contributed by atoms with van der Waals surface area (Å²) in [6, 6.07) is 0. The zero-order valence-electron chi connectivity index (χ0n) is 11.7. The number of nitrogens with one attached hydrogen (secondary N) is 1. The van der Waals surface area contributed by atoms with E-state index in [4.69, 9.17) is 9.47 Å². The van der Waals surface area contributed by atoms with Crippen LogP contribution in [-0.4, -0.2) is 30.8 Å². The number of amides is 1. The highest BCUT2D eigenvalue weighted by Gasteiger charge is 2.15. The molecule has 0 unspecified atom stereocenters. The number of alkyl carbamates (subject to hydrolysis) is 1. The maximum atomic E-state index is 11.3. The third-order valence-electron chi connectivity index (χ3n) is 1.82. The maximum Gasteiger partial charge on any atom is 0.407 e. The van der Waals surface area contributed by atoms with Crippen molar-refractivity contribution in [3.05, 3.63) is 12.2 Å². The van der Waals surface area contributed by atoms with E-state index in [-0.39, 0.29) is 5.97 Å². The molecule has 0 fully saturated rings. The fourth-order valence-electron chi connectivity index (χ4n) is 1.02. The molecule has 18 heavy (non-hydrogen) atoms. The van der Waals surface area contributed by atoms with E-state index in [0.29, 0.717) is 25.1 Å². The molecule has 0 saturated heterocycles. The van der Waals surface area contributed by atoms with Gasteiger partial charge in [0.1, 0.15) is 5.60 Å². The van der Waals surface area contributed by atoms with Gasteiger partial charge in [-0.3, -0.25) is 0 Å². The van der Waals surface area contributed by atoms with Gasteiger partial charge >= 0.3 is 12.1 Å². The van der Waals surface area contributed by atoms with Gasteiger partial charge in [-0.25, -0.2) is 9.59 Å². The molecule has 0 spiro atoms. The van der Waals surface area contributed by atoms with Crippen molar-refractivity contribution in [2.24, 2.45) is 0 Å². The van der Waals surface area contributed by atoms with Crippen LogP contribution in [0.25, 0.3) is 0 Å². The Morgan fingerprint density at radius 1 is 1.22 bits per heavy atom. The van der Waals surface area contributed by atoms with Gasteiger partial charge in [0.15, 0.2) is 0 Å². The molecule has 0 heterocycles. The molecule has 0 aliphatic heterocycles. The summed E-state index contributed by atoms with van der Waals surface area (Å²) in [6.45, 7) is 11.3. The predicted molar refractivity (Wildman–Crippen MR) is 69.2 cm³/mol. The Morgan fingerprint density at radius 2 is 1.83 bits per heavy atom. The van der Waals surface area contributed by atoms with E-state index < -0.39 is 11.7 Å². The van der Waals surface area contributed by atoms with Gasteiger partial charge in [0.25, 0.3) is 0 Å². The molecule has 0 aromatic carbocycles. The highest BCUT2D eigenvalue weighted by molar-refractivity contribution is 5.86. The van der Waals surface area contributed by atoms with E-state index in [1.54, 1.807) is 6.92 Å². The Hall–Kier alpha value is -1.52. The molecular formula is C13H23NO4. The topological polar surface area (TPSA) is 64.6 Å². The highest BCUT2D eigenvalue weighted by atomic mass is 16.6. The molecule has 0 aromatic rings. The second kappa shape index (κ2) is 7.74. The Balaban J connectivity index is 3.49. The summed E-state index contributed by atoms with van der Waals surface area (Å²) >= 11 is 0. The predicted octanol–water partition coefficient (Wildman–Crippen LogP) is 2.41. The molecule has 104 valence electrons. The van der Waals surface area contributed by atoms with Crippen LogP contribution in [0.15, 0.2) is 12.2 Å². The van der Waals surface area contributed by atoms with Crippen LogP contribution in [0.3, 0.4) is 0 Å². The van der Waals surface area contributed by atoms with E-state index >= 15 is 0 Å². The van der Waals surface area contributed by atoms with Crippen LogP contribution in [0.2, 0.25) is 0 Å². The minimum atomic E-state index is -0.485. The third-order valence-corrected chi connectivity index (χ3v) is 1.82. The van der Waals surface area contributed by atoms with E-state index in [1.807, 2.05) is 20.8 Å². The molecule has 1 amide bonds. The summed E-state index contributed by atoms with van der Waals surface area (Å²) in [5.41, 5.74) is -0.0944. The molecule has 0 atom stereocenters. The van der Waals surface area contributed by atoms with Crippen LogP contribution in [0, 0.1) is 0 Å². The van der Waals surface area contributed by atoms with Gasteiger partial charge < -0.3 is 14.8 Å². The highest BCUT2D eigenvalue weighted by Crippen LogP contribution is 2.06. The van der Waals surface area contributed by atoms with Crippen molar-refractivity contribution in [1.29, 1.82) is 0 Å². The summed E-state index contributed by atoms with van der Waals surface area (Å²) in [7, 11) is 0. The fraction of sp³-hybridized carbons (Fsp3) is 0.692. The SMILES string of the molecule is C=C(C)C(=O)OCCCCNC(=O)OC(C)(C)C. The van der Waals surface area contributed by atoms with E-state index in [2.05, 4.69) is 11.9 Å². The van der Waals surface area contributed by atoms with E-state index in [0.717, 1.165) is 6.42 Å². The van der Waals surface area contributed by atoms with Crippen molar-refractivity contribution in [3.8, 4) is 0 Å². The molecule has 0 radical (unpaired) electrons. The zero-order valence-corrected chi connectivity index (χ0v) is 11.7. The molecule has 0 bridgehead atoms. The first-order valence-corrected chi connectivity index (χ1v) is 6.02. The number of ether oxygens (including phenoxy) is 2. The van der Waals surface area contributed by atoms with E-state index in [9.17, 15) is 9.59 Å². The van der Waals surface area contributed by atoms with Crippen LogP contribution < -0.4 is 5.32 Å². The zero-order chi connectivity index (χ0) is 14.2. The second-order valence-electron chi connectivity index (χ2n) is 5.05. The first kappa shape index (κ1) is 16.5. The van der Waals surface area contributed by atoms with Crippen molar-refractivity contribution in [2.75, 3.05) is 13.2 Å². The smallest absolute Gasteiger partial charge is 0.407 e. The molecule has 1 N–H and O–H groups in total. The standard InChI is InChI=1S/C13H23NO4/c1-10(2)11(15)17-9-7-6-8-14-12(16)18-13(3,4)5/h1,6-9H2,2-5H3,(H,14,16). The number of unbranched alkanes of at least 4 members (excludes halogenated alkanes) is 1. The van der Waals surface area contributed by atoms with Crippen molar-refractivity contribution < 1.29 is 19.1 Å². The number of carbonyl (C=O) groups excluding carboxylic acids is 2. The average Bonchev–Trinajstić information content (AvgIpc) is 2.19. The second-order valence-corrected chi connectivity index (χ2v) is 5.05. The van der Waals surface area contributed by atoms with Gasteiger partial charge in [0, 0.05) is 12.1 Å². The molecular weight excluding hydrogens is 234 g/mol. The molecule has 0 saturated carbocycles. The summed E-state index contributed by atoms with van der Waals surface area (Å²) < 4.78 is 9.98. The maximum absolute atomic E-state index is 11.3. The lowest BCUT2D eigenvalue weighted by molar-refractivity contribution is -0.139. The van der Waals surface area contributed by atoms with Gasteiger partial charge in [-0.15, -0.1) is 0 Å². The largest absolute Gasteiger partial charge is 0.462 e. The average molecular weight is 257 g/mol. The van der Waals surface area contributed by atoms with Crippen LogP contribution in [0.4, 0.5) is 4.79 Å². The van der Waals surface area contributed by atoms with Crippen molar-refractivity contribution in [2.45, 2.75) is 46.1 Å². The van der Waals surface area contributed by atoms with Crippen LogP contribution >= 0.6 is 0 Å². The van der Waals surface area contributed by atoms with Gasteiger partial charge in [0.05, 0.1) is 6.61 Å². The number of hydrogen-bond donors (Lipinski definition) is 1. The molecule has 0 aliphatic rings. The Bertz CT molecular complexity index is 305. The monoisotopic (exact) mass is 257 g/mol. The van der Waals surface area contributed by atoms with Gasteiger partial charge in [-0.2, -0.15) is 0 Å². The minimum absolute atomic E-state index is 0.335. The number of carbonyl (C=O) groups is 2. The summed E-state index contributed by atoms with van der Waals surface area (Å²) in [6.07, 6.45) is 0.985. The summed E-state index contributed by atoms with van der Waals surface area (Å²) in [5, 5.41) is 2.63. The first-order chi connectivity index (χ1) is 8.22. The molecule has 0 rings (SSSR count). The van der Waals surface area contributed by atoms with Gasteiger partial charge in [-0.05, 0) is 40.5 Å². The molecule has 0 aromatic heterocycles. The summed E-state index contributed by atoms with van der Waals surface area (Å²) in [4.78, 5) is 22.3. The molecule has 5 nitrogen and oxygen atoms in total. The molecule has 5 heteroatoms. The van der Waals surface area contributed by atoms with Gasteiger partial charge in [0.2, 0.25) is 0 Å². The van der Waals surface area contributed by atoms with Crippen LogP contribution in [0.5, 0.6) is 0 Å². The number of hydrogen-bond acceptors (Lipinski definition) is 4.